The lowest BCUT2D eigenvalue weighted by atomic mass is 10.1. The Bertz CT molecular complexity index is 770. The fourth-order valence-electron chi connectivity index (χ4n) is 2.28. The van der Waals surface area contributed by atoms with Crippen LogP contribution in [0.25, 0.3) is 10.9 Å². The van der Waals surface area contributed by atoms with E-state index in [1.807, 2.05) is 6.92 Å². The molecule has 0 unspecified atom stereocenters. The number of nitrogens with zero attached hydrogens (tertiary/aromatic N) is 1. The number of alkyl halides is 1. The quantitative estimate of drug-likeness (QED) is 0.858. The second kappa shape index (κ2) is 4.79. The molecule has 1 heterocycles. The van der Waals surface area contributed by atoms with Gasteiger partial charge in [0.25, 0.3) is 0 Å². The van der Waals surface area contributed by atoms with E-state index in [1.54, 1.807) is 30.5 Å². The highest BCUT2D eigenvalue weighted by molar-refractivity contribution is 9.09. The summed E-state index contributed by atoms with van der Waals surface area (Å²) in [6.45, 7) is 1.93. The second-order valence-electron chi connectivity index (χ2n) is 5.30. The molecule has 1 saturated carbocycles. The Balaban J connectivity index is 2.12. The zero-order chi connectivity index (χ0) is 14.4. The molecule has 1 aliphatic carbocycles. The van der Waals surface area contributed by atoms with E-state index in [0.717, 1.165) is 23.9 Å². The van der Waals surface area contributed by atoms with Crippen molar-refractivity contribution < 1.29 is 8.42 Å². The number of aryl methyl sites for hydroxylation is 1. The molecule has 0 saturated heterocycles. The van der Waals surface area contributed by atoms with Crippen LogP contribution in [-0.4, -0.2) is 24.3 Å². The molecule has 6 heteroatoms. The minimum atomic E-state index is -3.53. The van der Waals surface area contributed by atoms with Gasteiger partial charge in [-0.05, 0) is 43.5 Å². The fourth-order valence-corrected chi connectivity index (χ4v) is 4.82. The molecule has 0 amide bonds. The summed E-state index contributed by atoms with van der Waals surface area (Å²) in [5.41, 5.74) is 1.40. The van der Waals surface area contributed by atoms with Crippen molar-refractivity contribution in [3.05, 3.63) is 36.0 Å². The van der Waals surface area contributed by atoms with E-state index in [2.05, 4.69) is 25.6 Å². The standard InChI is InChI=1S/C14H15BrN2O2S/c1-10-4-5-12(11-3-2-8-16-13(10)11)20(18,19)17-14(9-15)6-7-14/h2-5,8,17H,6-7,9H2,1H3. The van der Waals surface area contributed by atoms with Crippen molar-refractivity contribution in [1.29, 1.82) is 0 Å². The highest BCUT2D eigenvalue weighted by Gasteiger charge is 2.45. The molecule has 1 aliphatic rings. The van der Waals surface area contributed by atoms with Gasteiger partial charge in [-0.15, -0.1) is 0 Å². The summed E-state index contributed by atoms with van der Waals surface area (Å²) in [5.74, 6) is 0. The first-order chi connectivity index (χ1) is 9.47. The lowest BCUT2D eigenvalue weighted by Crippen LogP contribution is -2.38. The van der Waals surface area contributed by atoms with Crippen molar-refractivity contribution in [3.8, 4) is 0 Å². The summed E-state index contributed by atoms with van der Waals surface area (Å²) >= 11 is 3.38. The Kier molecular flexibility index (Phi) is 3.35. The van der Waals surface area contributed by atoms with Gasteiger partial charge in [0.05, 0.1) is 10.4 Å². The summed E-state index contributed by atoms with van der Waals surface area (Å²) in [6, 6.07) is 7.03. The van der Waals surface area contributed by atoms with Crippen LogP contribution in [0.3, 0.4) is 0 Å². The van der Waals surface area contributed by atoms with E-state index < -0.39 is 10.0 Å². The van der Waals surface area contributed by atoms with Gasteiger partial charge in [-0.3, -0.25) is 4.98 Å². The van der Waals surface area contributed by atoms with E-state index in [9.17, 15) is 8.42 Å². The fraction of sp³-hybridized carbons (Fsp3) is 0.357. The SMILES string of the molecule is Cc1ccc(S(=O)(=O)NC2(CBr)CC2)c2cccnc12. The van der Waals surface area contributed by atoms with Gasteiger partial charge in [-0.25, -0.2) is 13.1 Å². The normalized spacial score (nSPS) is 17.3. The van der Waals surface area contributed by atoms with Gasteiger partial charge in [0.1, 0.15) is 0 Å². The Morgan fingerprint density at radius 3 is 2.75 bits per heavy atom. The molecule has 0 spiro atoms. The first kappa shape index (κ1) is 14.0. The molecule has 0 bridgehead atoms. The molecule has 0 aliphatic heterocycles. The zero-order valence-electron chi connectivity index (χ0n) is 11.1. The van der Waals surface area contributed by atoms with Crippen molar-refractivity contribution >= 4 is 36.9 Å². The minimum absolute atomic E-state index is 0.304. The molecule has 1 aromatic carbocycles. The van der Waals surface area contributed by atoms with Crippen LogP contribution in [0.2, 0.25) is 0 Å². The van der Waals surface area contributed by atoms with Crippen LogP contribution < -0.4 is 4.72 Å². The third-order valence-electron chi connectivity index (χ3n) is 3.68. The van der Waals surface area contributed by atoms with Gasteiger partial charge in [0, 0.05) is 22.5 Å². The Hall–Kier alpha value is -0.980. The van der Waals surface area contributed by atoms with Crippen molar-refractivity contribution in [1.82, 2.24) is 9.71 Å². The van der Waals surface area contributed by atoms with Crippen molar-refractivity contribution in [2.75, 3.05) is 5.33 Å². The van der Waals surface area contributed by atoms with Crippen LogP contribution in [0.5, 0.6) is 0 Å². The lowest BCUT2D eigenvalue weighted by molar-refractivity contribution is 0.562. The number of sulfonamides is 1. The third-order valence-corrected chi connectivity index (χ3v) is 6.39. The number of nitrogens with one attached hydrogen (secondary N) is 1. The molecule has 106 valence electrons. The molecule has 20 heavy (non-hydrogen) atoms. The first-order valence-electron chi connectivity index (χ1n) is 6.42. The molecule has 4 nitrogen and oxygen atoms in total. The highest BCUT2D eigenvalue weighted by Crippen LogP contribution is 2.39. The Labute approximate surface area is 126 Å². The molecule has 1 aromatic heterocycles. The molecular weight excluding hydrogens is 340 g/mol. The summed E-state index contributed by atoms with van der Waals surface area (Å²) in [7, 11) is -3.53. The highest BCUT2D eigenvalue weighted by atomic mass is 79.9. The Morgan fingerprint density at radius 1 is 1.35 bits per heavy atom. The number of fused-ring (bicyclic) bond motifs is 1. The maximum atomic E-state index is 12.6. The maximum absolute atomic E-state index is 12.6. The summed E-state index contributed by atoms with van der Waals surface area (Å²) in [5, 5.41) is 1.31. The van der Waals surface area contributed by atoms with Crippen molar-refractivity contribution in [2.24, 2.45) is 0 Å². The second-order valence-corrected chi connectivity index (χ2v) is 7.51. The van der Waals surface area contributed by atoms with E-state index >= 15 is 0 Å². The average molecular weight is 355 g/mol. The largest absolute Gasteiger partial charge is 0.256 e. The topological polar surface area (TPSA) is 59.1 Å². The molecule has 1 fully saturated rings. The summed E-state index contributed by atoms with van der Waals surface area (Å²) in [6.07, 6.45) is 3.43. The van der Waals surface area contributed by atoms with Crippen molar-refractivity contribution in [2.45, 2.75) is 30.2 Å². The number of aromatic nitrogens is 1. The van der Waals surface area contributed by atoms with Gasteiger partial charge in [0.15, 0.2) is 0 Å². The third kappa shape index (κ3) is 2.36. The number of rotatable bonds is 4. The molecule has 3 rings (SSSR count). The number of halogens is 1. The van der Waals surface area contributed by atoms with Gasteiger partial charge in [-0.2, -0.15) is 0 Å². The van der Waals surface area contributed by atoms with E-state index in [4.69, 9.17) is 0 Å². The lowest BCUT2D eigenvalue weighted by Gasteiger charge is -2.16. The molecular formula is C14H15BrN2O2S. The van der Waals surface area contributed by atoms with Gasteiger partial charge in [-0.1, -0.05) is 22.0 Å². The summed E-state index contributed by atoms with van der Waals surface area (Å²) in [4.78, 5) is 4.59. The number of pyridine rings is 1. The number of hydrogen-bond acceptors (Lipinski definition) is 3. The Morgan fingerprint density at radius 2 is 2.10 bits per heavy atom. The van der Waals surface area contributed by atoms with Crippen LogP contribution in [0, 0.1) is 6.92 Å². The van der Waals surface area contributed by atoms with Crippen LogP contribution in [0.15, 0.2) is 35.4 Å². The number of benzene rings is 1. The maximum Gasteiger partial charge on any atom is 0.241 e. The molecule has 0 radical (unpaired) electrons. The van der Waals surface area contributed by atoms with Crippen LogP contribution in [-0.2, 0) is 10.0 Å². The summed E-state index contributed by atoms with van der Waals surface area (Å²) < 4.78 is 28.0. The zero-order valence-corrected chi connectivity index (χ0v) is 13.5. The average Bonchev–Trinajstić information content (AvgIpc) is 3.19. The van der Waals surface area contributed by atoms with E-state index in [-0.39, 0.29) is 5.54 Å². The van der Waals surface area contributed by atoms with Crippen molar-refractivity contribution in [3.63, 3.8) is 0 Å². The molecule has 2 aromatic rings. The minimum Gasteiger partial charge on any atom is -0.256 e. The van der Waals surface area contributed by atoms with Gasteiger partial charge < -0.3 is 0 Å². The van der Waals surface area contributed by atoms with E-state index in [0.29, 0.717) is 15.6 Å². The predicted octanol–water partition coefficient (Wildman–Crippen LogP) is 2.75. The molecule has 1 N–H and O–H groups in total. The molecule has 0 atom stereocenters. The van der Waals surface area contributed by atoms with Gasteiger partial charge >= 0.3 is 0 Å². The smallest absolute Gasteiger partial charge is 0.241 e. The van der Waals surface area contributed by atoms with Crippen LogP contribution in [0.4, 0.5) is 0 Å². The number of hydrogen-bond donors (Lipinski definition) is 1. The van der Waals surface area contributed by atoms with Crippen LogP contribution >= 0.6 is 15.9 Å². The van der Waals surface area contributed by atoms with Gasteiger partial charge in [0.2, 0.25) is 10.0 Å². The van der Waals surface area contributed by atoms with E-state index in [1.165, 1.54) is 0 Å². The monoisotopic (exact) mass is 354 g/mol. The first-order valence-corrected chi connectivity index (χ1v) is 9.02. The predicted molar refractivity (Wildman–Crippen MR) is 82.6 cm³/mol. The van der Waals surface area contributed by atoms with Crippen LogP contribution in [0.1, 0.15) is 18.4 Å².